The highest BCUT2D eigenvalue weighted by molar-refractivity contribution is 6.00. The molecule has 0 saturated carbocycles. The van der Waals surface area contributed by atoms with E-state index in [0.29, 0.717) is 16.6 Å². The van der Waals surface area contributed by atoms with Crippen molar-refractivity contribution in [1.29, 1.82) is 0 Å². The number of fused-ring (bicyclic) bond motifs is 1. The zero-order chi connectivity index (χ0) is 19.2. The number of urea groups is 1. The lowest BCUT2D eigenvalue weighted by atomic mass is 10.1. The van der Waals surface area contributed by atoms with Crippen LogP contribution in [0.25, 0.3) is 10.9 Å². The van der Waals surface area contributed by atoms with Gasteiger partial charge in [0.1, 0.15) is 5.82 Å². The molecule has 3 N–H and O–H groups in total. The normalized spacial score (nSPS) is 15.5. The van der Waals surface area contributed by atoms with Crippen LogP contribution < -0.4 is 15.5 Å². The Hall–Kier alpha value is -3.30. The molecule has 27 heavy (non-hydrogen) atoms. The molecule has 4 rings (SSSR count). The van der Waals surface area contributed by atoms with Gasteiger partial charge in [-0.2, -0.15) is 0 Å². The fourth-order valence-corrected chi connectivity index (χ4v) is 2.86. The Morgan fingerprint density at radius 1 is 1.11 bits per heavy atom. The van der Waals surface area contributed by atoms with E-state index in [2.05, 4.69) is 20.6 Å². The van der Waals surface area contributed by atoms with Gasteiger partial charge in [0, 0.05) is 23.3 Å². The van der Waals surface area contributed by atoms with Crippen LogP contribution in [-0.2, 0) is 0 Å². The molecule has 0 radical (unpaired) electrons. The molecule has 1 aromatic carbocycles. The largest absolute Gasteiger partial charge is 0.358 e. The average molecular weight is 379 g/mol. The Morgan fingerprint density at radius 2 is 1.85 bits per heavy atom. The first kappa shape index (κ1) is 17.1. The van der Waals surface area contributed by atoms with Gasteiger partial charge in [-0.1, -0.05) is 0 Å². The summed E-state index contributed by atoms with van der Waals surface area (Å²) < 4.78 is 53.2. The molecule has 0 atom stereocenters. The number of amides is 2. The number of nitrogens with zero attached hydrogens (tertiary/aromatic N) is 2. The maximum absolute atomic E-state index is 14.1. The van der Waals surface area contributed by atoms with Gasteiger partial charge >= 0.3 is 6.03 Å². The Labute approximate surface area is 150 Å². The predicted molar refractivity (Wildman–Crippen MR) is 92.3 cm³/mol. The Morgan fingerprint density at radius 3 is 2.56 bits per heavy atom. The van der Waals surface area contributed by atoms with E-state index in [1.165, 1.54) is 24.5 Å². The molecule has 6 nitrogen and oxygen atoms in total. The molecular weight excluding hydrogens is 366 g/mol. The van der Waals surface area contributed by atoms with Crippen LogP contribution in [0.5, 0.6) is 0 Å². The standard InChI is InChI=1S/C17H13F4N5O/c18-12-3-10(5-23-15(12)26-7-17(20,21)8-26)25-16(27)24-9-1-2-11-13(19)6-22-14(11)4-9/h1-6,22H,7-8H2,(H2,24,25,27). The summed E-state index contributed by atoms with van der Waals surface area (Å²) in [4.78, 5) is 19.7. The van der Waals surface area contributed by atoms with E-state index >= 15 is 0 Å². The van der Waals surface area contributed by atoms with E-state index in [4.69, 9.17) is 0 Å². The molecule has 0 spiro atoms. The lowest BCUT2D eigenvalue weighted by Crippen LogP contribution is -2.57. The van der Waals surface area contributed by atoms with Crippen LogP contribution in [0.2, 0.25) is 0 Å². The van der Waals surface area contributed by atoms with Gasteiger partial charge in [0.2, 0.25) is 0 Å². The second-order valence-corrected chi connectivity index (χ2v) is 6.22. The number of aromatic nitrogens is 2. The van der Waals surface area contributed by atoms with Crippen LogP contribution in [0.1, 0.15) is 0 Å². The van der Waals surface area contributed by atoms with E-state index in [1.807, 2.05) is 0 Å². The second-order valence-electron chi connectivity index (χ2n) is 6.22. The highest BCUT2D eigenvalue weighted by Crippen LogP contribution is 2.32. The number of alkyl halides is 2. The number of pyridine rings is 1. The van der Waals surface area contributed by atoms with Crippen molar-refractivity contribution in [3.05, 3.63) is 48.3 Å². The van der Waals surface area contributed by atoms with Gasteiger partial charge in [-0.15, -0.1) is 0 Å². The Kier molecular flexibility index (Phi) is 3.90. The maximum atomic E-state index is 14.1. The van der Waals surface area contributed by atoms with Crippen LogP contribution in [0.4, 0.5) is 39.5 Å². The first-order valence-corrected chi connectivity index (χ1v) is 7.94. The molecule has 0 aliphatic carbocycles. The van der Waals surface area contributed by atoms with E-state index in [1.54, 1.807) is 6.07 Å². The molecule has 1 aliphatic rings. The minimum atomic E-state index is -2.84. The van der Waals surface area contributed by atoms with Crippen molar-refractivity contribution < 1.29 is 22.4 Å². The number of anilines is 3. The number of hydrogen-bond donors (Lipinski definition) is 3. The highest BCUT2D eigenvalue weighted by Gasteiger charge is 2.45. The Bertz CT molecular complexity index is 1030. The van der Waals surface area contributed by atoms with Gasteiger partial charge in [-0.25, -0.2) is 27.3 Å². The molecule has 1 aliphatic heterocycles. The van der Waals surface area contributed by atoms with Crippen molar-refractivity contribution in [3.8, 4) is 0 Å². The number of carbonyl (C=O) groups is 1. The number of H-pyrrole nitrogens is 1. The number of aromatic amines is 1. The molecule has 10 heteroatoms. The van der Waals surface area contributed by atoms with E-state index in [0.717, 1.165) is 11.0 Å². The van der Waals surface area contributed by atoms with E-state index in [9.17, 15) is 22.4 Å². The lowest BCUT2D eigenvalue weighted by Gasteiger charge is -2.39. The molecule has 3 aromatic rings. The summed E-state index contributed by atoms with van der Waals surface area (Å²) in [6.45, 7) is -1.18. The van der Waals surface area contributed by atoms with Crippen molar-refractivity contribution in [1.82, 2.24) is 9.97 Å². The minimum absolute atomic E-state index is 0.0630. The second kappa shape index (κ2) is 6.15. The molecule has 140 valence electrons. The highest BCUT2D eigenvalue weighted by atomic mass is 19.3. The molecule has 2 amide bonds. The summed E-state index contributed by atoms with van der Waals surface area (Å²) in [7, 11) is 0. The van der Waals surface area contributed by atoms with Gasteiger partial charge in [0.25, 0.3) is 5.92 Å². The minimum Gasteiger partial charge on any atom is -0.358 e. The van der Waals surface area contributed by atoms with Crippen LogP contribution in [-0.4, -0.2) is 35.0 Å². The molecule has 1 fully saturated rings. The molecular formula is C17H13F4N5O. The third-order valence-electron chi connectivity index (χ3n) is 4.11. The smallest absolute Gasteiger partial charge is 0.323 e. The third kappa shape index (κ3) is 3.37. The number of nitrogens with one attached hydrogen (secondary N) is 3. The van der Waals surface area contributed by atoms with Crippen LogP contribution in [0.15, 0.2) is 36.7 Å². The summed E-state index contributed by atoms with van der Waals surface area (Å²) in [6, 6.07) is 4.91. The summed E-state index contributed by atoms with van der Waals surface area (Å²) in [5, 5.41) is 5.32. The van der Waals surface area contributed by atoms with E-state index < -0.39 is 36.7 Å². The van der Waals surface area contributed by atoms with Crippen molar-refractivity contribution in [2.45, 2.75) is 5.92 Å². The van der Waals surface area contributed by atoms with Crippen molar-refractivity contribution in [2.24, 2.45) is 0 Å². The van der Waals surface area contributed by atoms with Gasteiger partial charge in [0.15, 0.2) is 11.6 Å². The summed E-state index contributed by atoms with van der Waals surface area (Å²) in [5.41, 5.74) is 0.969. The SMILES string of the molecule is O=C(Nc1cnc(N2CC(F)(F)C2)c(F)c1)Nc1ccc2c(F)c[nH]c2c1. The summed E-state index contributed by atoms with van der Waals surface area (Å²) in [6.07, 6.45) is 2.39. The molecule has 0 bridgehead atoms. The zero-order valence-corrected chi connectivity index (χ0v) is 13.7. The van der Waals surface area contributed by atoms with Gasteiger partial charge < -0.3 is 20.5 Å². The van der Waals surface area contributed by atoms with Crippen molar-refractivity contribution >= 4 is 34.1 Å². The number of benzene rings is 1. The summed E-state index contributed by atoms with van der Waals surface area (Å²) in [5.74, 6) is -4.24. The van der Waals surface area contributed by atoms with Gasteiger partial charge in [0.05, 0.1) is 30.5 Å². The fourth-order valence-electron chi connectivity index (χ4n) is 2.86. The molecule has 3 heterocycles. The van der Waals surface area contributed by atoms with Crippen molar-refractivity contribution in [3.63, 3.8) is 0 Å². The molecule has 0 unspecified atom stereocenters. The number of carbonyl (C=O) groups excluding carboxylic acids is 1. The number of halogens is 4. The summed E-state index contributed by atoms with van der Waals surface area (Å²) >= 11 is 0. The average Bonchev–Trinajstić information content (AvgIpc) is 2.93. The quantitative estimate of drug-likeness (QED) is 0.604. The molecule has 1 saturated heterocycles. The van der Waals surface area contributed by atoms with Crippen molar-refractivity contribution in [2.75, 3.05) is 28.6 Å². The maximum Gasteiger partial charge on any atom is 0.323 e. The topological polar surface area (TPSA) is 73.1 Å². The Balaban J connectivity index is 1.42. The monoisotopic (exact) mass is 379 g/mol. The van der Waals surface area contributed by atoms with Crippen LogP contribution >= 0.6 is 0 Å². The van der Waals surface area contributed by atoms with Crippen LogP contribution in [0, 0.1) is 11.6 Å². The molecule has 2 aromatic heterocycles. The predicted octanol–water partition coefficient (Wildman–Crippen LogP) is 3.94. The zero-order valence-electron chi connectivity index (χ0n) is 13.7. The lowest BCUT2D eigenvalue weighted by molar-refractivity contribution is -0.0270. The fraction of sp³-hybridized carbons (Fsp3) is 0.176. The van der Waals surface area contributed by atoms with Crippen LogP contribution in [0.3, 0.4) is 0 Å². The number of rotatable bonds is 3. The first-order chi connectivity index (χ1) is 12.8. The third-order valence-corrected chi connectivity index (χ3v) is 4.11. The van der Waals surface area contributed by atoms with Gasteiger partial charge in [-0.3, -0.25) is 0 Å². The number of hydrogen-bond acceptors (Lipinski definition) is 3. The van der Waals surface area contributed by atoms with Gasteiger partial charge in [-0.05, 0) is 18.2 Å². The van der Waals surface area contributed by atoms with E-state index in [-0.39, 0.29) is 11.5 Å². The first-order valence-electron chi connectivity index (χ1n) is 7.94.